The van der Waals surface area contributed by atoms with Gasteiger partial charge in [-0.2, -0.15) is 0 Å². The van der Waals surface area contributed by atoms with Crippen molar-refractivity contribution in [2.75, 3.05) is 0 Å². The van der Waals surface area contributed by atoms with Crippen molar-refractivity contribution in [3.8, 4) is 12.3 Å². The van der Waals surface area contributed by atoms with E-state index in [1.165, 1.54) is 18.4 Å². The van der Waals surface area contributed by atoms with Crippen LogP contribution in [0.4, 0.5) is 0 Å². The molecule has 1 fully saturated rings. The van der Waals surface area contributed by atoms with Crippen LogP contribution in [0, 0.1) is 23.7 Å². The highest BCUT2D eigenvalue weighted by atomic mass is 16.5. The molecule has 0 amide bonds. The summed E-state index contributed by atoms with van der Waals surface area (Å²) in [5, 5.41) is 0. The van der Waals surface area contributed by atoms with Crippen LogP contribution in [-0.4, -0.2) is 5.60 Å². The summed E-state index contributed by atoms with van der Waals surface area (Å²) < 4.78 is 6.13. The smallest absolute Gasteiger partial charge is 0.128 e. The SMILES string of the molecule is C#CC1(OCc2ccccc2)CCC(C(C)(C)C)CC1. The van der Waals surface area contributed by atoms with Crippen molar-refractivity contribution in [3.05, 3.63) is 35.9 Å². The summed E-state index contributed by atoms with van der Waals surface area (Å²) in [7, 11) is 0. The van der Waals surface area contributed by atoms with Gasteiger partial charge in [0, 0.05) is 0 Å². The molecule has 0 spiro atoms. The van der Waals surface area contributed by atoms with Gasteiger partial charge in [-0.3, -0.25) is 0 Å². The Kier molecular flexibility index (Phi) is 4.55. The second-order valence-electron chi connectivity index (χ2n) is 7.05. The van der Waals surface area contributed by atoms with Crippen LogP contribution in [0.15, 0.2) is 30.3 Å². The minimum absolute atomic E-state index is 0.350. The van der Waals surface area contributed by atoms with Crippen LogP contribution in [0.1, 0.15) is 52.0 Å². The van der Waals surface area contributed by atoms with Crippen molar-refractivity contribution in [2.24, 2.45) is 11.3 Å². The highest BCUT2D eigenvalue weighted by Crippen LogP contribution is 2.42. The van der Waals surface area contributed by atoms with Crippen molar-refractivity contribution in [1.29, 1.82) is 0 Å². The number of hydrogen-bond acceptors (Lipinski definition) is 1. The lowest BCUT2D eigenvalue weighted by Gasteiger charge is -2.41. The Balaban J connectivity index is 1.94. The Morgan fingerprint density at radius 1 is 1.20 bits per heavy atom. The first kappa shape index (κ1) is 15.1. The van der Waals surface area contributed by atoms with Crippen LogP contribution < -0.4 is 0 Å². The Morgan fingerprint density at radius 2 is 1.80 bits per heavy atom. The van der Waals surface area contributed by atoms with E-state index < -0.39 is 0 Å². The van der Waals surface area contributed by atoms with Gasteiger partial charge >= 0.3 is 0 Å². The first-order chi connectivity index (χ1) is 9.45. The van der Waals surface area contributed by atoms with Gasteiger partial charge in [-0.15, -0.1) is 6.42 Å². The van der Waals surface area contributed by atoms with Crippen molar-refractivity contribution in [2.45, 2.75) is 58.7 Å². The molecular formula is C19H26O. The Hall–Kier alpha value is -1.26. The lowest BCUT2D eigenvalue weighted by Crippen LogP contribution is -2.38. The van der Waals surface area contributed by atoms with E-state index >= 15 is 0 Å². The van der Waals surface area contributed by atoms with Gasteiger partial charge in [0.1, 0.15) is 5.60 Å². The number of benzene rings is 1. The van der Waals surface area contributed by atoms with Crippen LogP contribution in [0.3, 0.4) is 0 Å². The van der Waals surface area contributed by atoms with Crippen molar-refractivity contribution in [3.63, 3.8) is 0 Å². The standard InChI is InChI=1S/C19H26O/c1-5-19(20-15-16-9-7-6-8-10-16)13-11-17(12-14-19)18(2,3)4/h1,6-10,17H,11-15H2,2-4H3. The molecule has 1 aliphatic carbocycles. The fourth-order valence-corrected chi connectivity index (χ4v) is 3.08. The molecule has 1 heteroatoms. The predicted molar refractivity (Wildman–Crippen MR) is 84.2 cm³/mol. The van der Waals surface area contributed by atoms with E-state index in [0.29, 0.717) is 12.0 Å². The largest absolute Gasteiger partial charge is 0.358 e. The summed E-state index contributed by atoms with van der Waals surface area (Å²) >= 11 is 0. The number of terminal acetylenes is 1. The summed E-state index contributed by atoms with van der Waals surface area (Å²) in [6, 6.07) is 10.3. The third-order valence-electron chi connectivity index (χ3n) is 4.64. The van der Waals surface area contributed by atoms with Crippen LogP contribution in [0.5, 0.6) is 0 Å². The van der Waals surface area contributed by atoms with E-state index in [0.717, 1.165) is 18.8 Å². The molecule has 1 aromatic carbocycles. The molecule has 1 aliphatic rings. The first-order valence-corrected chi connectivity index (χ1v) is 7.61. The lowest BCUT2D eigenvalue weighted by molar-refractivity contribution is -0.0550. The quantitative estimate of drug-likeness (QED) is 0.716. The fraction of sp³-hybridized carbons (Fsp3) is 0.579. The zero-order valence-corrected chi connectivity index (χ0v) is 13.0. The van der Waals surface area contributed by atoms with Crippen LogP contribution in [0.2, 0.25) is 0 Å². The Labute approximate surface area is 123 Å². The van der Waals surface area contributed by atoms with Gasteiger partial charge in [-0.25, -0.2) is 0 Å². The first-order valence-electron chi connectivity index (χ1n) is 7.61. The van der Waals surface area contributed by atoms with Gasteiger partial charge in [0.2, 0.25) is 0 Å². The average Bonchev–Trinajstić information content (AvgIpc) is 2.46. The molecule has 0 aromatic heterocycles. The van der Waals surface area contributed by atoms with Crippen molar-refractivity contribution >= 4 is 0 Å². The molecule has 2 rings (SSSR count). The van der Waals surface area contributed by atoms with Gasteiger partial charge in [0.15, 0.2) is 0 Å². The maximum absolute atomic E-state index is 6.13. The molecule has 0 radical (unpaired) electrons. The second kappa shape index (κ2) is 6.02. The van der Waals surface area contributed by atoms with Crippen LogP contribution in [0.25, 0.3) is 0 Å². The number of hydrogen-bond donors (Lipinski definition) is 0. The maximum Gasteiger partial charge on any atom is 0.128 e. The van der Waals surface area contributed by atoms with Crippen LogP contribution in [-0.2, 0) is 11.3 Å². The lowest BCUT2D eigenvalue weighted by atomic mass is 9.68. The average molecular weight is 270 g/mol. The molecule has 1 nitrogen and oxygen atoms in total. The minimum atomic E-state index is -0.350. The Morgan fingerprint density at radius 3 is 2.30 bits per heavy atom. The van der Waals surface area contributed by atoms with Gasteiger partial charge in [-0.1, -0.05) is 57.0 Å². The van der Waals surface area contributed by atoms with Crippen molar-refractivity contribution < 1.29 is 4.74 Å². The fourth-order valence-electron chi connectivity index (χ4n) is 3.08. The molecule has 0 N–H and O–H groups in total. The highest BCUT2D eigenvalue weighted by molar-refractivity contribution is 5.15. The maximum atomic E-state index is 6.13. The zero-order valence-electron chi connectivity index (χ0n) is 13.0. The normalized spacial score (nSPS) is 27.0. The summed E-state index contributed by atoms with van der Waals surface area (Å²) in [4.78, 5) is 0. The molecule has 0 bridgehead atoms. The summed E-state index contributed by atoms with van der Waals surface area (Å²) in [5.74, 6) is 3.69. The van der Waals surface area contributed by atoms with Crippen LogP contribution >= 0.6 is 0 Å². The molecule has 0 heterocycles. The van der Waals surface area contributed by atoms with E-state index in [2.05, 4.69) is 38.8 Å². The van der Waals surface area contributed by atoms with E-state index in [9.17, 15) is 0 Å². The van der Waals surface area contributed by atoms with Crippen molar-refractivity contribution in [1.82, 2.24) is 0 Å². The molecule has 0 saturated heterocycles. The molecule has 0 unspecified atom stereocenters. The molecule has 0 aliphatic heterocycles. The third kappa shape index (κ3) is 3.64. The highest BCUT2D eigenvalue weighted by Gasteiger charge is 2.38. The Bertz CT molecular complexity index is 453. The summed E-state index contributed by atoms with van der Waals surface area (Å²) in [6.45, 7) is 7.59. The monoisotopic (exact) mass is 270 g/mol. The molecule has 1 saturated carbocycles. The van der Waals surface area contributed by atoms with Gasteiger partial charge in [0.05, 0.1) is 6.61 Å². The second-order valence-corrected chi connectivity index (χ2v) is 7.05. The predicted octanol–water partition coefficient (Wildman–Crippen LogP) is 4.81. The van der Waals surface area contributed by atoms with E-state index in [-0.39, 0.29) is 5.60 Å². The zero-order chi connectivity index (χ0) is 14.6. The van der Waals surface area contributed by atoms with E-state index in [1.807, 2.05) is 18.2 Å². The van der Waals surface area contributed by atoms with Gasteiger partial charge in [-0.05, 0) is 42.6 Å². The van der Waals surface area contributed by atoms with Gasteiger partial charge in [0.25, 0.3) is 0 Å². The number of ether oxygens (including phenoxy) is 1. The third-order valence-corrected chi connectivity index (χ3v) is 4.64. The van der Waals surface area contributed by atoms with E-state index in [1.54, 1.807) is 0 Å². The minimum Gasteiger partial charge on any atom is -0.358 e. The molecule has 1 aromatic rings. The van der Waals surface area contributed by atoms with E-state index in [4.69, 9.17) is 11.2 Å². The summed E-state index contributed by atoms with van der Waals surface area (Å²) in [5.41, 5.74) is 1.22. The molecule has 20 heavy (non-hydrogen) atoms. The topological polar surface area (TPSA) is 9.23 Å². The molecular weight excluding hydrogens is 244 g/mol. The molecule has 108 valence electrons. The summed E-state index contributed by atoms with van der Waals surface area (Å²) in [6.07, 6.45) is 10.1. The van der Waals surface area contributed by atoms with Gasteiger partial charge < -0.3 is 4.74 Å². The number of rotatable bonds is 3. The molecule has 0 atom stereocenters.